The van der Waals surface area contributed by atoms with Gasteiger partial charge in [-0.1, -0.05) is 18.7 Å². The topological polar surface area (TPSA) is 62.2 Å². The lowest BCUT2D eigenvalue weighted by Gasteiger charge is -2.10. The van der Waals surface area contributed by atoms with Gasteiger partial charge in [0.05, 0.1) is 17.2 Å². The van der Waals surface area contributed by atoms with Crippen LogP contribution >= 0.6 is 0 Å². The van der Waals surface area contributed by atoms with Crippen LogP contribution in [0.4, 0.5) is 26.3 Å². The lowest BCUT2D eigenvalue weighted by atomic mass is 10.00. The standard InChI is InChI=1S/C14H9F6N3/c1-2-8(7-23-12(22)14(18,19)20)9-3-4-11(13(15,16)17)10(5-9)6-21/h2-5,7H,1H2,(H2,22,23)/b8-7+. The van der Waals surface area contributed by atoms with Crippen LogP contribution in [0.15, 0.2) is 42.0 Å². The summed E-state index contributed by atoms with van der Waals surface area (Å²) in [6.45, 7) is 3.34. The third-order valence-electron chi connectivity index (χ3n) is 2.63. The van der Waals surface area contributed by atoms with E-state index in [0.717, 1.165) is 18.2 Å². The molecule has 23 heavy (non-hydrogen) atoms. The van der Waals surface area contributed by atoms with E-state index in [4.69, 9.17) is 11.0 Å². The number of allylic oxidation sites excluding steroid dienone is 2. The number of nitriles is 1. The second-order valence-corrected chi connectivity index (χ2v) is 4.17. The SMILES string of the molecule is C=C/C(=C\N=C(N)C(F)(F)F)c1ccc(C(F)(F)F)c(C#N)c1. The van der Waals surface area contributed by atoms with Crippen molar-refractivity contribution in [2.24, 2.45) is 10.7 Å². The van der Waals surface area contributed by atoms with Gasteiger partial charge >= 0.3 is 12.4 Å². The number of nitrogens with two attached hydrogens (primary N) is 1. The van der Waals surface area contributed by atoms with Crippen molar-refractivity contribution in [2.45, 2.75) is 12.4 Å². The van der Waals surface area contributed by atoms with Gasteiger partial charge in [0.1, 0.15) is 0 Å². The monoisotopic (exact) mass is 333 g/mol. The Bertz CT molecular complexity index is 705. The third-order valence-corrected chi connectivity index (χ3v) is 2.63. The van der Waals surface area contributed by atoms with Gasteiger partial charge in [0.25, 0.3) is 0 Å². The molecule has 0 atom stereocenters. The fraction of sp³-hybridized carbons (Fsp3) is 0.143. The smallest absolute Gasteiger partial charge is 0.380 e. The van der Waals surface area contributed by atoms with Gasteiger partial charge in [0.2, 0.25) is 5.84 Å². The van der Waals surface area contributed by atoms with Crippen molar-refractivity contribution in [3.8, 4) is 6.07 Å². The van der Waals surface area contributed by atoms with Crippen molar-refractivity contribution in [1.82, 2.24) is 0 Å². The van der Waals surface area contributed by atoms with Gasteiger partial charge < -0.3 is 5.73 Å². The Balaban J connectivity index is 3.34. The first-order chi connectivity index (χ1) is 10.5. The lowest BCUT2D eigenvalue weighted by Crippen LogP contribution is -2.30. The zero-order chi connectivity index (χ0) is 17.8. The van der Waals surface area contributed by atoms with E-state index in [9.17, 15) is 26.3 Å². The maximum absolute atomic E-state index is 12.7. The highest BCUT2D eigenvalue weighted by molar-refractivity contribution is 5.87. The molecule has 0 aliphatic heterocycles. The number of alkyl halides is 6. The molecule has 0 spiro atoms. The second kappa shape index (κ2) is 6.56. The number of hydrogen-bond acceptors (Lipinski definition) is 2. The fourth-order valence-electron chi connectivity index (χ4n) is 1.52. The summed E-state index contributed by atoms with van der Waals surface area (Å²) < 4.78 is 74.7. The summed E-state index contributed by atoms with van der Waals surface area (Å²) in [4.78, 5) is 3.00. The molecular formula is C14H9F6N3. The highest BCUT2D eigenvalue weighted by Gasteiger charge is 2.34. The first-order valence-electron chi connectivity index (χ1n) is 5.85. The average Bonchev–Trinajstić information content (AvgIpc) is 2.45. The molecule has 3 nitrogen and oxygen atoms in total. The van der Waals surface area contributed by atoms with E-state index in [1.54, 1.807) is 0 Å². The summed E-state index contributed by atoms with van der Waals surface area (Å²) in [5.74, 6) is -1.62. The molecule has 0 unspecified atom stereocenters. The van der Waals surface area contributed by atoms with E-state index >= 15 is 0 Å². The van der Waals surface area contributed by atoms with Gasteiger partial charge in [-0.2, -0.15) is 31.6 Å². The highest BCUT2D eigenvalue weighted by atomic mass is 19.4. The first-order valence-corrected chi connectivity index (χ1v) is 5.85. The molecule has 1 aromatic rings. The van der Waals surface area contributed by atoms with Gasteiger partial charge in [-0.25, -0.2) is 4.99 Å². The molecule has 0 heterocycles. The van der Waals surface area contributed by atoms with Crippen LogP contribution in [0, 0.1) is 11.3 Å². The number of hydrogen-bond donors (Lipinski definition) is 1. The third kappa shape index (κ3) is 4.60. The van der Waals surface area contributed by atoms with Gasteiger partial charge in [0.15, 0.2) is 0 Å². The Morgan fingerprint density at radius 3 is 2.26 bits per heavy atom. The molecule has 0 saturated heterocycles. The van der Waals surface area contributed by atoms with E-state index in [2.05, 4.69) is 11.6 Å². The Hall–Kier alpha value is -2.76. The number of nitrogens with zero attached hydrogens (tertiary/aromatic N) is 2. The molecule has 0 amide bonds. The molecule has 0 saturated carbocycles. The Morgan fingerprint density at radius 1 is 1.22 bits per heavy atom. The molecular weight excluding hydrogens is 324 g/mol. The predicted octanol–water partition coefficient (Wildman–Crippen LogP) is 4.02. The second-order valence-electron chi connectivity index (χ2n) is 4.17. The van der Waals surface area contributed by atoms with Crippen molar-refractivity contribution < 1.29 is 26.3 Å². The van der Waals surface area contributed by atoms with Crippen LogP contribution in [-0.2, 0) is 6.18 Å². The number of rotatable bonds is 3. The largest absolute Gasteiger partial charge is 0.448 e. The van der Waals surface area contributed by atoms with Crippen LogP contribution in [0.5, 0.6) is 0 Å². The van der Waals surface area contributed by atoms with Crippen molar-refractivity contribution in [1.29, 1.82) is 5.26 Å². The maximum Gasteiger partial charge on any atom is 0.448 e. The van der Waals surface area contributed by atoms with Crippen molar-refractivity contribution in [2.75, 3.05) is 0 Å². The zero-order valence-electron chi connectivity index (χ0n) is 11.3. The first kappa shape index (κ1) is 18.3. The normalized spacial score (nSPS) is 13.6. The van der Waals surface area contributed by atoms with E-state index in [0.29, 0.717) is 12.3 Å². The summed E-state index contributed by atoms with van der Waals surface area (Å²) in [5.41, 5.74) is 2.91. The van der Waals surface area contributed by atoms with Crippen LogP contribution in [0.3, 0.4) is 0 Å². The fourth-order valence-corrected chi connectivity index (χ4v) is 1.52. The van der Waals surface area contributed by atoms with Gasteiger partial charge in [-0.3, -0.25) is 0 Å². The van der Waals surface area contributed by atoms with Crippen molar-refractivity contribution in [3.05, 3.63) is 53.7 Å². The summed E-state index contributed by atoms with van der Waals surface area (Å²) in [6.07, 6.45) is -7.77. The Morgan fingerprint density at radius 2 is 1.83 bits per heavy atom. The van der Waals surface area contributed by atoms with Crippen LogP contribution in [0.1, 0.15) is 16.7 Å². The number of benzene rings is 1. The molecule has 2 N–H and O–H groups in total. The minimum Gasteiger partial charge on any atom is -0.380 e. The summed E-state index contributed by atoms with van der Waals surface area (Å²) in [6, 6.07) is 3.92. The maximum atomic E-state index is 12.7. The molecule has 122 valence electrons. The van der Waals surface area contributed by atoms with E-state index in [-0.39, 0.29) is 11.1 Å². The minimum absolute atomic E-state index is 0.0255. The van der Waals surface area contributed by atoms with Crippen LogP contribution in [-0.4, -0.2) is 12.0 Å². The zero-order valence-corrected chi connectivity index (χ0v) is 11.3. The van der Waals surface area contributed by atoms with Crippen molar-refractivity contribution >= 4 is 11.4 Å². The summed E-state index contributed by atoms with van der Waals surface area (Å²) in [5, 5.41) is 8.79. The number of halogens is 6. The lowest BCUT2D eigenvalue weighted by molar-refractivity contribution is -0.137. The molecule has 0 bridgehead atoms. The summed E-state index contributed by atoms with van der Waals surface area (Å²) >= 11 is 0. The van der Waals surface area contributed by atoms with E-state index in [1.807, 2.05) is 0 Å². The number of aliphatic imine (C=N–C) groups is 1. The average molecular weight is 333 g/mol. The van der Waals surface area contributed by atoms with Crippen LogP contribution in [0.25, 0.3) is 5.57 Å². The Labute approximate surface area is 127 Å². The number of amidine groups is 1. The predicted molar refractivity (Wildman–Crippen MR) is 72.0 cm³/mol. The Kier molecular flexibility index (Phi) is 5.22. The highest BCUT2D eigenvalue weighted by Crippen LogP contribution is 2.33. The van der Waals surface area contributed by atoms with Crippen LogP contribution in [0.2, 0.25) is 0 Å². The van der Waals surface area contributed by atoms with Crippen LogP contribution < -0.4 is 5.73 Å². The van der Waals surface area contributed by atoms with Gasteiger partial charge in [0, 0.05) is 6.20 Å². The molecule has 0 aromatic heterocycles. The van der Waals surface area contributed by atoms with Gasteiger partial charge in [-0.15, -0.1) is 0 Å². The molecule has 0 aliphatic carbocycles. The molecule has 1 rings (SSSR count). The molecule has 9 heteroatoms. The molecule has 0 radical (unpaired) electrons. The minimum atomic E-state index is -4.83. The molecule has 0 fully saturated rings. The van der Waals surface area contributed by atoms with Crippen molar-refractivity contribution in [3.63, 3.8) is 0 Å². The quantitative estimate of drug-likeness (QED) is 0.393. The van der Waals surface area contributed by atoms with E-state index < -0.39 is 29.3 Å². The van der Waals surface area contributed by atoms with E-state index in [1.165, 1.54) is 6.07 Å². The molecule has 0 aliphatic rings. The van der Waals surface area contributed by atoms with Gasteiger partial charge in [-0.05, 0) is 23.3 Å². The molecule has 1 aromatic carbocycles. The summed E-state index contributed by atoms with van der Waals surface area (Å²) in [7, 11) is 0.